The van der Waals surface area contributed by atoms with Crippen LogP contribution in [0.3, 0.4) is 0 Å². The molecular formula is C13H18ClN3O2. The number of morpholine rings is 1. The van der Waals surface area contributed by atoms with E-state index in [4.69, 9.17) is 16.3 Å². The van der Waals surface area contributed by atoms with Crippen LogP contribution in [0.4, 0.5) is 5.82 Å². The van der Waals surface area contributed by atoms with Crippen LogP contribution in [0.15, 0.2) is 18.3 Å². The molecule has 1 aliphatic rings. The first kappa shape index (κ1) is 14.2. The van der Waals surface area contributed by atoms with E-state index in [2.05, 4.69) is 15.2 Å². The van der Waals surface area contributed by atoms with E-state index in [0.29, 0.717) is 17.4 Å². The Morgan fingerprint density at radius 3 is 3.05 bits per heavy atom. The van der Waals surface area contributed by atoms with Crippen molar-refractivity contribution in [3.05, 3.63) is 23.4 Å². The van der Waals surface area contributed by atoms with E-state index < -0.39 is 0 Å². The molecule has 1 N–H and O–H groups in total. The third-order valence-electron chi connectivity index (χ3n) is 3.18. The van der Waals surface area contributed by atoms with Gasteiger partial charge in [0.15, 0.2) is 0 Å². The molecule has 1 aromatic heterocycles. The molecule has 0 aliphatic carbocycles. The lowest BCUT2D eigenvalue weighted by Crippen LogP contribution is -2.50. The summed E-state index contributed by atoms with van der Waals surface area (Å²) in [6.45, 7) is 6.11. The summed E-state index contributed by atoms with van der Waals surface area (Å²) in [7, 11) is 0. The zero-order chi connectivity index (χ0) is 13.8. The number of ether oxygens (including phenoxy) is 1. The maximum atomic E-state index is 12.1. The SMILES string of the molecule is C[C@@H]1CN([C@H](C)C(=O)Nc2ccc(Cl)cn2)CCO1. The fourth-order valence-electron chi connectivity index (χ4n) is 2.04. The van der Waals surface area contributed by atoms with E-state index in [-0.39, 0.29) is 18.1 Å². The Kier molecular flexibility index (Phi) is 4.74. The van der Waals surface area contributed by atoms with Crippen molar-refractivity contribution in [2.24, 2.45) is 0 Å². The van der Waals surface area contributed by atoms with Crippen LogP contribution >= 0.6 is 11.6 Å². The highest BCUT2D eigenvalue weighted by molar-refractivity contribution is 6.30. The topological polar surface area (TPSA) is 54.5 Å². The minimum absolute atomic E-state index is 0.0658. The molecule has 2 atom stereocenters. The van der Waals surface area contributed by atoms with Gasteiger partial charge < -0.3 is 10.1 Å². The van der Waals surface area contributed by atoms with Crippen LogP contribution in [-0.4, -0.2) is 47.6 Å². The fraction of sp³-hybridized carbons (Fsp3) is 0.538. The lowest BCUT2D eigenvalue weighted by atomic mass is 10.2. The molecule has 0 radical (unpaired) electrons. The van der Waals surface area contributed by atoms with E-state index >= 15 is 0 Å². The maximum absolute atomic E-state index is 12.1. The van der Waals surface area contributed by atoms with Crippen LogP contribution in [-0.2, 0) is 9.53 Å². The van der Waals surface area contributed by atoms with Crippen LogP contribution in [0.1, 0.15) is 13.8 Å². The van der Waals surface area contributed by atoms with Crippen LogP contribution in [0, 0.1) is 0 Å². The second-order valence-electron chi connectivity index (χ2n) is 4.70. The molecule has 2 rings (SSSR count). The Morgan fingerprint density at radius 2 is 2.42 bits per heavy atom. The van der Waals surface area contributed by atoms with Gasteiger partial charge in [-0.25, -0.2) is 4.98 Å². The van der Waals surface area contributed by atoms with Gasteiger partial charge in [-0.2, -0.15) is 0 Å². The molecule has 6 heteroatoms. The van der Waals surface area contributed by atoms with E-state index in [1.54, 1.807) is 12.1 Å². The van der Waals surface area contributed by atoms with Gasteiger partial charge in [0.2, 0.25) is 5.91 Å². The number of rotatable bonds is 3. The molecule has 19 heavy (non-hydrogen) atoms. The Bertz CT molecular complexity index is 438. The standard InChI is InChI=1S/C13H18ClN3O2/c1-9-8-17(5-6-19-9)10(2)13(18)16-12-4-3-11(14)7-15-12/h3-4,7,9-10H,5-6,8H2,1-2H3,(H,15,16,18)/t9-,10-/m1/s1. The van der Waals surface area contributed by atoms with E-state index in [0.717, 1.165) is 13.1 Å². The minimum Gasteiger partial charge on any atom is -0.376 e. The van der Waals surface area contributed by atoms with Crippen LogP contribution in [0.25, 0.3) is 0 Å². The molecule has 0 spiro atoms. The summed E-state index contributed by atoms with van der Waals surface area (Å²) < 4.78 is 5.47. The largest absolute Gasteiger partial charge is 0.376 e. The first-order chi connectivity index (χ1) is 9.06. The third kappa shape index (κ3) is 3.89. The predicted octanol–water partition coefficient (Wildman–Crippen LogP) is 1.78. The summed E-state index contributed by atoms with van der Waals surface area (Å²) in [4.78, 5) is 18.3. The average molecular weight is 284 g/mol. The fourth-order valence-corrected chi connectivity index (χ4v) is 2.16. The lowest BCUT2D eigenvalue weighted by molar-refractivity contribution is -0.123. The van der Waals surface area contributed by atoms with E-state index in [1.165, 1.54) is 6.20 Å². The number of amides is 1. The Morgan fingerprint density at radius 1 is 1.63 bits per heavy atom. The average Bonchev–Trinajstić information content (AvgIpc) is 2.40. The second kappa shape index (κ2) is 6.32. The van der Waals surface area contributed by atoms with Gasteiger partial charge in [0.05, 0.1) is 23.8 Å². The monoisotopic (exact) mass is 283 g/mol. The Hall–Kier alpha value is -1.17. The molecule has 0 saturated carbocycles. The number of nitrogens with zero attached hydrogens (tertiary/aromatic N) is 2. The molecule has 1 aromatic rings. The van der Waals surface area contributed by atoms with Crippen LogP contribution in [0.2, 0.25) is 5.02 Å². The Balaban J connectivity index is 1.93. The molecule has 0 unspecified atom stereocenters. The van der Waals surface area contributed by atoms with Crippen LogP contribution in [0.5, 0.6) is 0 Å². The van der Waals surface area contributed by atoms with Crippen molar-refractivity contribution in [2.45, 2.75) is 26.0 Å². The molecule has 2 heterocycles. The van der Waals surface area contributed by atoms with Crippen molar-refractivity contribution < 1.29 is 9.53 Å². The van der Waals surface area contributed by atoms with Gasteiger partial charge >= 0.3 is 0 Å². The first-order valence-electron chi connectivity index (χ1n) is 6.34. The van der Waals surface area contributed by atoms with Gasteiger partial charge in [0, 0.05) is 19.3 Å². The van der Waals surface area contributed by atoms with Gasteiger partial charge in [-0.15, -0.1) is 0 Å². The highest BCUT2D eigenvalue weighted by atomic mass is 35.5. The normalized spacial score (nSPS) is 21.9. The molecule has 0 bridgehead atoms. The number of carbonyl (C=O) groups excluding carboxylic acids is 1. The van der Waals surface area contributed by atoms with Gasteiger partial charge in [-0.05, 0) is 26.0 Å². The third-order valence-corrected chi connectivity index (χ3v) is 3.40. The summed E-state index contributed by atoms with van der Waals surface area (Å²) in [6.07, 6.45) is 1.68. The van der Waals surface area contributed by atoms with Gasteiger partial charge in [0.25, 0.3) is 0 Å². The number of pyridine rings is 1. The smallest absolute Gasteiger partial charge is 0.242 e. The van der Waals surface area contributed by atoms with Crippen molar-refractivity contribution in [3.8, 4) is 0 Å². The maximum Gasteiger partial charge on any atom is 0.242 e. The molecule has 1 saturated heterocycles. The summed E-state index contributed by atoms with van der Waals surface area (Å²) >= 11 is 5.75. The summed E-state index contributed by atoms with van der Waals surface area (Å²) in [6, 6.07) is 3.18. The van der Waals surface area contributed by atoms with Crippen LogP contribution < -0.4 is 5.32 Å². The highest BCUT2D eigenvalue weighted by Crippen LogP contribution is 2.12. The van der Waals surface area contributed by atoms with Crippen molar-refractivity contribution in [2.75, 3.05) is 25.0 Å². The molecule has 0 aromatic carbocycles. The van der Waals surface area contributed by atoms with Crippen molar-refractivity contribution >= 4 is 23.3 Å². The Labute approximate surface area is 117 Å². The van der Waals surface area contributed by atoms with Crippen molar-refractivity contribution in [3.63, 3.8) is 0 Å². The second-order valence-corrected chi connectivity index (χ2v) is 5.14. The number of nitrogens with one attached hydrogen (secondary N) is 1. The molecule has 1 aliphatic heterocycles. The van der Waals surface area contributed by atoms with Crippen molar-refractivity contribution in [1.82, 2.24) is 9.88 Å². The summed E-state index contributed by atoms with van der Waals surface area (Å²) in [5.74, 6) is 0.450. The lowest BCUT2D eigenvalue weighted by Gasteiger charge is -2.34. The molecule has 1 fully saturated rings. The quantitative estimate of drug-likeness (QED) is 0.919. The van der Waals surface area contributed by atoms with Gasteiger partial charge in [-0.1, -0.05) is 11.6 Å². The zero-order valence-corrected chi connectivity index (χ0v) is 11.9. The highest BCUT2D eigenvalue weighted by Gasteiger charge is 2.26. The number of halogens is 1. The zero-order valence-electron chi connectivity index (χ0n) is 11.1. The number of aromatic nitrogens is 1. The summed E-state index contributed by atoms with van der Waals surface area (Å²) in [5, 5.41) is 3.34. The molecule has 5 nitrogen and oxygen atoms in total. The first-order valence-corrected chi connectivity index (χ1v) is 6.72. The minimum atomic E-state index is -0.205. The number of hydrogen-bond acceptors (Lipinski definition) is 4. The van der Waals surface area contributed by atoms with Crippen molar-refractivity contribution in [1.29, 1.82) is 0 Å². The molecule has 1 amide bonds. The molecular weight excluding hydrogens is 266 g/mol. The number of anilines is 1. The molecule has 104 valence electrons. The van der Waals surface area contributed by atoms with E-state index in [1.807, 2.05) is 13.8 Å². The number of hydrogen-bond donors (Lipinski definition) is 1. The van der Waals surface area contributed by atoms with E-state index in [9.17, 15) is 4.79 Å². The van der Waals surface area contributed by atoms with Gasteiger partial charge in [0.1, 0.15) is 5.82 Å². The number of carbonyl (C=O) groups is 1. The summed E-state index contributed by atoms with van der Waals surface area (Å²) in [5.41, 5.74) is 0. The predicted molar refractivity (Wildman–Crippen MR) is 74.3 cm³/mol. The van der Waals surface area contributed by atoms with Gasteiger partial charge in [-0.3, -0.25) is 9.69 Å².